The third kappa shape index (κ3) is 2.63. The fourth-order valence-corrected chi connectivity index (χ4v) is 4.94. The Morgan fingerprint density at radius 2 is 1.96 bits per heavy atom. The van der Waals surface area contributed by atoms with Gasteiger partial charge in [0.1, 0.15) is 11.5 Å². The molecule has 4 rings (SSSR count). The highest BCUT2D eigenvalue weighted by molar-refractivity contribution is 5.91. The van der Waals surface area contributed by atoms with Crippen molar-refractivity contribution in [2.75, 3.05) is 13.7 Å². The van der Waals surface area contributed by atoms with Gasteiger partial charge in [-0.3, -0.25) is 9.59 Å². The molecule has 5 heteroatoms. The molecule has 1 amide bonds. The molecule has 0 saturated carbocycles. The molecule has 0 N–H and O–H groups in total. The van der Waals surface area contributed by atoms with Crippen molar-refractivity contribution in [3.8, 4) is 0 Å². The number of amides is 1. The number of rotatable bonds is 5. The maximum atomic E-state index is 13.4. The Bertz CT molecular complexity index is 784. The lowest BCUT2D eigenvalue weighted by molar-refractivity contribution is -0.151. The maximum Gasteiger partial charge on any atom is 0.312 e. The van der Waals surface area contributed by atoms with Crippen molar-refractivity contribution in [3.63, 3.8) is 0 Å². The Hall–Kier alpha value is -2.14. The summed E-state index contributed by atoms with van der Waals surface area (Å²) in [5, 5.41) is 0. The van der Waals surface area contributed by atoms with Crippen LogP contribution in [0, 0.1) is 11.8 Å². The number of benzene rings is 1. The average Bonchev–Trinajstić information content (AvgIpc) is 3.31. The second-order valence-corrected chi connectivity index (χ2v) is 8.13. The number of likely N-dealkylation sites (tertiary alicyclic amines) is 1. The van der Waals surface area contributed by atoms with E-state index in [4.69, 9.17) is 9.47 Å². The molecule has 5 unspecified atom stereocenters. The van der Waals surface area contributed by atoms with E-state index in [1.54, 1.807) is 0 Å². The normalized spacial score (nSPS) is 32.3. The molecule has 27 heavy (non-hydrogen) atoms. The van der Waals surface area contributed by atoms with Crippen molar-refractivity contribution in [3.05, 3.63) is 47.5 Å². The van der Waals surface area contributed by atoms with Crippen molar-refractivity contribution in [2.45, 2.75) is 50.9 Å². The van der Waals surface area contributed by atoms with Crippen LogP contribution in [0.2, 0.25) is 0 Å². The molecule has 1 aromatic carbocycles. The van der Waals surface area contributed by atoms with Crippen LogP contribution in [0.5, 0.6) is 0 Å². The SMILES string of the molecule is CCC(c1ccc(C(C)C)cc1)N1CC23C=CC(O2)C(C(=O)OC)C3C1=O. The number of nitrogens with zero attached hydrogens (tertiary/aromatic N) is 1. The predicted molar refractivity (Wildman–Crippen MR) is 101 cm³/mol. The van der Waals surface area contributed by atoms with E-state index in [9.17, 15) is 9.59 Å². The highest BCUT2D eigenvalue weighted by atomic mass is 16.5. The zero-order chi connectivity index (χ0) is 19.3. The Balaban J connectivity index is 1.64. The monoisotopic (exact) mass is 369 g/mol. The zero-order valence-electron chi connectivity index (χ0n) is 16.3. The molecule has 3 aliphatic heterocycles. The first kappa shape index (κ1) is 18.2. The van der Waals surface area contributed by atoms with E-state index in [-0.39, 0.29) is 24.0 Å². The molecular formula is C22H27NO4. The second-order valence-electron chi connectivity index (χ2n) is 8.13. The van der Waals surface area contributed by atoms with Crippen LogP contribution in [0.1, 0.15) is 50.3 Å². The lowest BCUT2D eigenvalue weighted by atomic mass is 9.77. The first-order chi connectivity index (χ1) is 12.9. The molecule has 5 atom stereocenters. The van der Waals surface area contributed by atoms with E-state index in [1.807, 2.05) is 17.1 Å². The molecule has 5 nitrogen and oxygen atoms in total. The van der Waals surface area contributed by atoms with Gasteiger partial charge >= 0.3 is 5.97 Å². The van der Waals surface area contributed by atoms with Crippen molar-refractivity contribution >= 4 is 11.9 Å². The van der Waals surface area contributed by atoms with Gasteiger partial charge in [-0.15, -0.1) is 0 Å². The van der Waals surface area contributed by atoms with Crippen molar-refractivity contribution in [2.24, 2.45) is 11.8 Å². The lowest BCUT2D eigenvalue weighted by Gasteiger charge is -2.30. The average molecular weight is 369 g/mol. The molecule has 3 aliphatic rings. The van der Waals surface area contributed by atoms with E-state index < -0.39 is 17.4 Å². The summed E-state index contributed by atoms with van der Waals surface area (Å²) in [7, 11) is 1.37. The standard InChI is InChI=1S/C22H27NO4/c1-5-16(15-8-6-14(7-9-15)13(2)3)23-12-22-11-10-17(27-22)18(21(25)26-4)19(22)20(23)24/h6-11,13,16-19H,5,12H2,1-4H3. The third-order valence-electron chi connectivity index (χ3n) is 6.35. The summed E-state index contributed by atoms with van der Waals surface area (Å²) in [6.45, 7) is 6.92. The number of hydrogen-bond acceptors (Lipinski definition) is 4. The summed E-state index contributed by atoms with van der Waals surface area (Å²) >= 11 is 0. The predicted octanol–water partition coefficient (Wildman–Crippen LogP) is 3.22. The van der Waals surface area contributed by atoms with Crippen LogP contribution in [0.25, 0.3) is 0 Å². The van der Waals surface area contributed by atoms with E-state index >= 15 is 0 Å². The van der Waals surface area contributed by atoms with Crippen molar-refractivity contribution in [1.29, 1.82) is 0 Å². The van der Waals surface area contributed by atoms with Gasteiger partial charge in [0.2, 0.25) is 5.91 Å². The summed E-state index contributed by atoms with van der Waals surface area (Å²) in [4.78, 5) is 27.6. The van der Waals surface area contributed by atoms with Gasteiger partial charge in [-0.05, 0) is 23.5 Å². The summed E-state index contributed by atoms with van der Waals surface area (Å²) in [5.74, 6) is -0.916. The van der Waals surface area contributed by atoms with Crippen LogP contribution in [0.4, 0.5) is 0 Å². The molecule has 0 aromatic heterocycles. The molecule has 2 bridgehead atoms. The Morgan fingerprint density at radius 1 is 1.30 bits per heavy atom. The second kappa shape index (κ2) is 6.48. The van der Waals surface area contributed by atoms with Crippen LogP contribution in [-0.2, 0) is 19.1 Å². The van der Waals surface area contributed by atoms with E-state index in [2.05, 4.69) is 45.0 Å². The topological polar surface area (TPSA) is 55.8 Å². The first-order valence-electron chi connectivity index (χ1n) is 9.77. The summed E-state index contributed by atoms with van der Waals surface area (Å²) in [6.07, 6.45) is 4.35. The van der Waals surface area contributed by atoms with Crippen LogP contribution in [-0.4, -0.2) is 42.1 Å². The van der Waals surface area contributed by atoms with E-state index in [0.717, 1.165) is 12.0 Å². The Kier molecular flexibility index (Phi) is 4.38. The fourth-order valence-electron chi connectivity index (χ4n) is 4.94. The Labute approximate surface area is 160 Å². The van der Waals surface area contributed by atoms with Gasteiger partial charge < -0.3 is 14.4 Å². The molecule has 144 valence electrons. The quantitative estimate of drug-likeness (QED) is 0.591. The van der Waals surface area contributed by atoms with Crippen molar-refractivity contribution < 1.29 is 19.1 Å². The van der Waals surface area contributed by atoms with E-state index in [1.165, 1.54) is 12.7 Å². The third-order valence-corrected chi connectivity index (χ3v) is 6.35. The summed E-state index contributed by atoms with van der Waals surface area (Å²) < 4.78 is 11.1. The van der Waals surface area contributed by atoms with Crippen LogP contribution in [0.15, 0.2) is 36.4 Å². The number of carbonyl (C=O) groups is 2. The van der Waals surface area contributed by atoms with Gasteiger partial charge in [-0.2, -0.15) is 0 Å². The van der Waals surface area contributed by atoms with Crippen LogP contribution < -0.4 is 0 Å². The molecule has 3 heterocycles. The number of hydrogen-bond donors (Lipinski definition) is 0. The number of methoxy groups -OCH3 is 1. The minimum Gasteiger partial charge on any atom is -0.469 e. The molecule has 2 fully saturated rings. The highest BCUT2D eigenvalue weighted by Gasteiger charge is 2.67. The first-order valence-corrected chi connectivity index (χ1v) is 9.77. The molecule has 0 radical (unpaired) electrons. The molecule has 1 spiro atoms. The number of carbonyl (C=O) groups excluding carboxylic acids is 2. The zero-order valence-corrected chi connectivity index (χ0v) is 16.3. The Morgan fingerprint density at radius 3 is 2.56 bits per heavy atom. The molecule has 2 saturated heterocycles. The fraction of sp³-hybridized carbons (Fsp3) is 0.545. The summed E-state index contributed by atoms with van der Waals surface area (Å²) in [5.41, 5.74) is 1.72. The van der Waals surface area contributed by atoms with Gasteiger partial charge in [-0.1, -0.05) is 57.2 Å². The number of fused-ring (bicyclic) bond motifs is 1. The van der Waals surface area contributed by atoms with Crippen LogP contribution >= 0.6 is 0 Å². The minimum atomic E-state index is -0.689. The minimum absolute atomic E-state index is 0.00274. The van der Waals surface area contributed by atoms with Gasteiger partial charge in [0.15, 0.2) is 0 Å². The largest absolute Gasteiger partial charge is 0.469 e. The lowest BCUT2D eigenvalue weighted by Crippen LogP contribution is -2.40. The smallest absolute Gasteiger partial charge is 0.312 e. The molecule has 0 aliphatic carbocycles. The number of ether oxygens (including phenoxy) is 2. The molecular weight excluding hydrogens is 342 g/mol. The van der Waals surface area contributed by atoms with E-state index in [0.29, 0.717) is 12.5 Å². The highest BCUT2D eigenvalue weighted by Crippen LogP contribution is 2.53. The number of esters is 1. The summed E-state index contributed by atoms with van der Waals surface area (Å²) in [6, 6.07) is 8.50. The van der Waals surface area contributed by atoms with Crippen LogP contribution in [0.3, 0.4) is 0 Å². The van der Waals surface area contributed by atoms with Gasteiger partial charge in [0.25, 0.3) is 0 Å². The van der Waals surface area contributed by atoms with Gasteiger partial charge in [0, 0.05) is 0 Å². The van der Waals surface area contributed by atoms with Gasteiger partial charge in [0.05, 0.1) is 31.7 Å². The molecule has 1 aromatic rings. The van der Waals surface area contributed by atoms with Crippen molar-refractivity contribution in [1.82, 2.24) is 4.90 Å². The maximum absolute atomic E-state index is 13.4. The van der Waals surface area contributed by atoms with Gasteiger partial charge in [-0.25, -0.2) is 0 Å².